The normalized spacial score (nSPS) is 14.0. The monoisotopic (exact) mass is 1300 g/mol. The van der Waals surface area contributed by atoms with Crippen molar-refractivity contribution in [2.75, 3.05) is 40.9 Å². The topological polar surface area (TPSA) is 114 Å². The number of nitrogens with zero attached hydrogens (tertiary/aromatic N) is 1. The van der Waals surface area contributed by atoms with Crippen LogP contribution in [0.15, 0.2) is 109 Å². The number of unbranched alkanes of at least 4 members (excludes halogenated alkanes) is 38. The fourth-order valence-corrected chi connectivity index (χ4v) is 11.8. The summed E-state index contributed by atoms with van der Waals surface area (Å²) < 4.78 is 30.5. The van der Waals surface area contributed by atoms with E-state index in [0.717, 1.165) is 116 Å². The second-order valence-corrected chi connectivity index (χ2v) is 28.5. The molecule has 9 nitrogen and oxygen atoms in total. The summed E-state index contributed by atoms with van der Waals surface area (Å²) in [5, 5.41) is 3.05. The van der Waals surface area contributed by atoms with Crippen molar-refractivity contribution in [1.82, 2.24) is 5.32 Å². The van der Waals surface area contributed by atoms with Gasteiger partial charge in [-0.25, -0.2) is 0 Å². The van der Waals surface area contributed by atoms with Crippen molar-refractivity contribution in [2.24, 2.45) is 0 Å². The summed E-state index contributed by atoms with van der Waals surface area (Å²) in [6, 6.07) is -0.899. The Hall–Kier alpha value is -3.33. The molecule has 0 rings (SSSR count). The van der Waals surface area contributed by atoms with Gasteiger partial charge in [0.1, 0.15) is 19.3 Å². The third kappa shape index (κ3) is 71.0. The summed E-state index contributed by atoms with van der Waals surface area (Å²) in [5.41, 5.74) is 0. The van der Waals surface area contributed by atoms with Crippen LogP contribution in [-0.4, -0.2) is 69.4 Å². The quantitative estimate of drug-likeness (QED) is 0.0212. The second kappa shape index (κ2) is 70.5. The fraction of sp³-hybridized carbons (Fsp3) is 0.756. The highest BCUT2D eigenvalue weighted by molar-refractivity contribution is 7.45. The van der Waals surface area contributed by atoms with Crippen LogP contribution in [0.3, 0.4) is 0 Å². The first kappa shape index (κ1) is 88.7. The van der Waals surface area contributed by atoms with Gasteiger partial charge in [-0.05, 0) is 115 Å². The number of allylic oxidation sites excluding steroid dienone is 17. The van der Waals surface area contributed by atoms with Crippen LogP contribution in [0, 0.1) is 0 Å². The zero-order chi connectivity index (χ0) is 67.0. The fourth-order valence-electron chi connectivity index (χ4n) is 11.0. The predicted octanol–water partition coefficient (Wildman–Crippen LogP) is 24.6. The third-order valence-electron chi connectivity index (χ3n) is 16.9. The van der Waals surface area contributed by atoms with Crippen molar-refractivity contribution < 1.29 is 37.3 Å². The van der Waals surface area contributed by atoms with Gasteiger partial charge in [0.25, 0.3) is 7.82 Å². The Morgan fingerprint density at radius 3 is 1.07 bits per heavy atom. The SMILES string of the molecule is CC/C=C\C/C=C\C/C=C\C/C=C\C/C=C\C/C=C\CCCCCCCCCCC(=O)OC(/C=C/CCCCCCCCCCCC)C(COP(=O)([O-])OCC[N+](C)(C)C)NC(=O)CCCCCCCCCCCCCCCCCCC/C=C\C/C=C\CCCCC. The van der Waals surface area contributed by atoms with E-state index in [4.69, 9.17) is 13.8 Å². The van der Waals surface area contributed by atoms with Gasteiger partial charge in [0.2, 0.25) is 5.91 Å². The van der Waals surface area contributed by atoms with Crippen LogP contribution in [0.5, 0.6) is 0 Å². The molecule has 1 amide bonds. The van der Waals surface area contributed by atoms with Gasteiger partial charge >= 0.3 is 5.97 Å². The minimum Gasteiger partial charge on any atom is -0.756 e. The molecule has 0 aromatic carbocycles. The summed E-state index contributed by atoms with van der Waals surface area (Å²) in [7, 11) is 1.18. The smallest absolute Gasteiger partial charge is 0.306 e. The van der Waals surface area contributed by atoms with E-state index < -0.39 is 26.6 Å². The number of phosphoric ester groups is 1. The van der Waals surface area contributed by atoms with Crippen molar-refractivity contribution in [3.05, 3.63) is 109 Å². The van der Waals surface area contributed by atoms with Crippen molar-refractivity contribution >= 4 is 19.7 Å². The van der Waals surface area contributed by atoms with Crippen LogP contribution in [0.2, 0.25) is 0 Å². The van der Waals surface area contributed by atoms with Gasteiger partial charge in [-0.15, -0.1) is 0 Å². The summed E-state index contributed by atoms with van der Waals surface area (Å²) in [4.78, 5) is 40.3. The van der Waals surface area contributed by atoms with Gasteiger partial charge in [0.15, 0.2) is 0 Å². The first-order valence-electron chi connectivity index (χ1n) is 38.7. The molecule has 0 saturated heterocycles. The molecule has 0 radical (unpaired) electrons. The molecule has 92 heavy (non-hydrogen) atoms. The van der Waals surface area contributed by atoms with Crippen LogP contribution in [0.1, 0.15) is 348 Å². The Bertz CT molecular complexity index is 1940. The largest absolute Gasteiger partial charge is 0.756 e. The van der Waals surface area contributed by atoms with Crippen LogP contribution < -0.4 is 10.2 Å². The lowest BCUT2D eigenvalue weighted by Gasteiger charge is -2.30. The van der Waals surface area contributed by atoms with E-state index in [1.54, 1.807) is 0 Å². The number of carbonyl (C=O) groups is 2. The first-order valence-corrected chi connectivity index (χ1v) is 40.2. The minimum atomic E-state index is -4.72. The summed E-state index contributed by atoms with van der Waals surface area (Å²) in [6.45, 7) is 6.73. The zero-order valence-corrected chi connectivity index (χ0v) is 61.9. The van der Waals surface area contributed by atoms with Gasteiger partial charge in [0.05, 0.1) is 33.8 Å². The predicted molar refractivity (Wildman–Crippen MR) is 399 cm³/mol. The molecular formula is C82H147N2O7P. The number of quaternary nitrogens is 1. The number of nitrogens with one attached hydrogen (secondary N) is 1. The number of ether oxygens (including phenoxy) is 1. The van der Waals surface area contributed by atoms with Crippen molar-refractivity contribution in [3.8, 4) is 0 Å². The molecule has 0 fully saturated rings. The molecule has 1 N–H and O–H groups in total. The lowest BCUT2D eigenvalue weighted by molar-refractivity contribution is -0.870. The van der Waals surface area contributed by atoms with Crippen LogP contribution in [-0.2, 0) is 27.9 Å². The van der Waals surface area contributed by atoms with Gasteiger partial charge in [-0.2, -0.15) is 0 Å². The zero-order valence-electron chi connectivity index (χ0n) is 61.0. The number of carbonyl (C=O) groups excluding carboxylic acids is 2. The van der Waals surface area contributed by atoms with Crippen molar-refractivity contribution in [2.45, 2.75) is 360 Å². The maximum absolute atomic E-state index is 13.6. The lowest BCUT2D eigenvalue weighted by Crippen LogP contribution is -2.47. The number of amides is 1. The molecule has 0 heterocycles. The number of hydrogen-bond acceptors (Lipinski definition) is 7. The molecule has 532 valence electrons. The first-order chi connectivity index (χ1) is 44.9. The van der Waals surface area contributed by atoms with E-state index >= 15 is 0 Å². The Morgan fingerprint density at radius 1 is 0.391 bits per heavy atom. The average Bonchev–Trinajstić information content (AvgIpc) is 3.72. The maximum atomic E-state index is 13.6. The number of esters is 1. The minimum absolute atomic E-state index is 0.0269. The third-order valence-corrected chi connectivity index (χ3v) is 17.9. The summed E-state index contributed by atoms with van der Waals surface area (Å²) >= 11 is 0. The highest BCUT2D eigenvalue weighted by Crippen LogP contribution is 2.38. The average molecular weight is 1300 g/mol. The summed E-state index contributed by atoms with van der Waals surface area (Å²) in [5.74, 6) is -0.543. The molecule has 0 aliphatic carbocycles. The molecule has 3 unspecified atom stereocenters. The van der Waals surface area contributed by atoms with Gasteiger partial charge < -0.3 is 28.5 Å². The van der Waals surface area contributed by atoms with Crippen LogP contribution in [0.4, 0.5) is 0 Å². The van der Waals surface area contributed by atoms with E-state index in [9.17, 15) is 19.0 Å². The van der Waals surface area contributed by atoms with Gasteiger partial charge in [-0.3, -0.25) is 14.2 Å². The highest BCUT2D eigenvalue weighted by atomic mass is 31.2. The van der Waals surface area contributed by atoms with Crippen molar-refractivity contribution in [1.29, 1.82) is 0 Å². The van der Waals surface area contributed by atoms with E-state index in [2.05, 4.69) is 123 Å². The number of rotatable bonds is 70. The molecule has 0 aliphatic heterocycles. The van der Waals surface area contributed by atoms with Gasteiger partial charge in [0, 0.05) is 12.8 Å². The molecule has 0 aliphatic rings. The lowest BCUT2D eigenvalue weighted by atomic mass is 10.0. The molecule has 0 aromatic rings. The van der Waals surface area contributed by atoms with E-state index in [-0.39, 0.29) is 24.9 Å². The maximum Gasteiger partial charge on any atom is 0.306 e. The standard InChI is InChI=1S/C82H147N2O7P/c1-7-10-13-16-19-22-25-28-30-32-34-36-38-40-42-44-46-48-50-52-54-56-59-62-65-68-71-74-81(85)83-79(78-90-92(87,88)89-77-76-84(4,5)6)80(73-70-67-64-61-58-27-24-21-18-15-12-9-3)91-82(86)75-72-69-66-63-60-57-55-53-51-49-47-45-43-41-39-37-35-33-31-29-26-23-20-17-14-11-8-2/h11,14,19-20,22-23,28-31,35,37,41,43,47,49,70,73,79-80H,7-10,12-13,15-18,21,24-27,32-34,36,38-40,42,44-46,48,50-69,71-72,74-78H2,1-6H3,(H-,83,85,87,88)/b14-11-,22-19-,23-20-,30-28-,31-29-,37-35-,43-41-,49-47-,73-70+. The van der Waals surface area contributed by atoms with Crippen LogP contribution in [0.25, 0.3) is 0 Å². The molecule has 0 aromatic heterocycles. The molecule has 0 saturated carbocycles. The molecule has 0 spiro atoms. The Balaban J connectivity index is 4.98. The Morgan fingerprint density at radius 2 is 0.696 bits per heavy atom. The molecular weight excluding hydrogens is 1160 g/mol. The molecule has 3 atom stereocenters. The summed E-state index contributed by atoms with van der Waals surface area (Å²) in [6.07, 6.45) is 98.0. The van der Waals surface area contributed by atoms with Gasteiger partial charge in [-0.1, -0.05) is 330 Å². The van der Waals surface area contributed by atoms with Crippen LogP contribution >= 0.6 is 7.82 Å². The van der Waals surface area contributed by atoms with Crippen molar-refractivity contribution in [3.63, 3.8) is 0 Å². The van der Waals surface area contributed by atoms with E-state index in [1.807, 2.05) is 33.3 Å². The number of phosphoric acid groups is 1. The number of likely N-dealkylation sites (N-methyl/N-ethyl adjacent to an activating group) is 1. The second-order valence-electron chi connectivity index (χ2n) is 27.1. The number of hydrogen-bond donors (Lipinski definition) is 1. The van der Waals surface area contributed by atoms with E-state index in [1.165, 1.54) is 199 Å². The molecule has 0 bridgehead atoms. The van der Waals surface area contributed by atoms with E-state index in [0.29, 0.717) is 17.4 Å². The highest BCUT2D eigenvalue weighted by Gasteiger charge is 2.27. The Labute approximate surface area is 570 Å². The molecule has 10 heteroatoms. The Kier molecular flexibility index (Phi) is 67.9.